The standard InChI is InChI=1S/C30H32N2O4/c1-4-31(5-2)23-14-12-22(13-15-23)28-27(26(33)20-11-21-9-7-6-8-10-21)29(34)30(35)32(28)24-16-18-25(36-3)19-17-24/h6-10,12-19,28,34H,4-5,11,20H2,1-3H3. The van der Waals surface area contributed by atoms with Crippen molar-refractivity contribution >= 4 is 23.1 Å². The fourth-order valence-corrected chi connectivity index (χ4v) is 4.71. The highest BCUT2D eigenvalue weighted by Gasteiger charge is 2.44. The van der Waals surface area contributed by atoms with Gasteiger partial charge >= 0.3 is 0 Å². The first-order valence-corrected chi connectivity index (χ1v) is 12.3. The summed E-state index contributed by atoms with van der Waals surface area (Å²) in [5.74, 6) is -0.650. The van der Waals surface area contributed by atoms with E-state index in [1.807, 2.05) is 54.6 Å². The van der Waals surface area contributed by atoms with Gasteiger partial charge in [-0.1, -0.05) is 42.5 Å². The van der Waals surface area contributed by atoms with Crippen molar-refractivity contribution < 1.29 is 19.4 Å². The molecule has 3 aromatic carbocycles. The minimum absolute atomic E-state index is 0.141. The van der Waals surface area contributed by atoms with Crippen molar-refractivity contribution in [3.8, 4) is 5.75 Å². The molecule has 0 saturated carbocycles. The topological polar surface area (TPSA) is 70.1 Å². The van der Waals surface area contributed by atoms with Gasteiger partial charge in [-0.2, -0.15) is 0 Å². The largest absolute Gasteiger partial charge is 0.503 e. The predicted molar refractivity (Wildman–Crippen MR) is 143 cm³/mol. The second-order valence-electron chi connectivity index (χ2n) is 8.71. The van der Waals surface area contributed by atoms with Crippen molar-refractivity contribution in [1.82, 2.24) is 0 Å². The number of hydrogen-bond donors (Lipinski definition) is 1. The average molecular weight is 485 g/mol. The van der Waals surface area contributed by atoms with E-state index in [9.17, 15) is 14.7 Å². The first-order valence-electron chi connectivity index (χ1n) is 12.3. The Morgan fingerprint density at radius 3 is 2.17 bits per heavy atom. The molecule has 186 valence electrons. The third-order valence-corrected chi connectivity index (χ3v) is 6.68. The molecule has 1 aliphatic heterocycles. The molecular formula is C30H32N2O4. The Morgan fingerprint density at radius 2 is 1.58 bits per heavy atom. The summed E-state index contributed by atoms with van der Waals surface area (Å²) in [6, 6.07) is 23.9. The van der Waals surface area contributed by atoms with Gasteiger partial charge in [0.25, 0.3) is 5.91 Å². The Balaban J connectivity index is 1.72. The number of ketones is 1. The second-order valence-corrected chi connectivity index (χ2v) is 8.71. The fraction of sp³-hybridized carbons (Fsp3) is 0.267. The smallest absolute Gasteiger partial charge is 0.294 e. The second kappa shape index (κ2) is 11.1. The third kappa shape index (κ3) is 4.98. The van der Waals surface area contributed by atoms with Crippen LogP contribution in [0.5, 0.6) is 5.75 Å². The van der Waals surface area contributed by atoms with E-state index < -0.39 is 17.7 Å². The Kier molecular flexibility index (Phi) is 7.74. The van der Waals surface area contributed by atoms with E-state index in [0.29, 0.717) is 17.9 Å². The summed E-state index contributed by atoms with van der Waals surface area (Å²) in [6.45, 7) is 5.95. The van der Waals surface area contributed by atoms with E-state index in [1.165, 1.54) is 4.90 Å². The molecule has 0 bridgehead atoms. The molecule has 1 amide bonds. The lowest BCUT2D eigenvalue weighted by Gasteiger charge is -2.28. The molecule has 1 N–H and O–H groups in total. The monoisotopic (exact) mass is 484 g/mol. The van der Waals surface area contributed by atoms with Gasteiger partial charge in [-0.15, -0.1) is 0 Å². The lowest BCUT2D eigenvalue weighted by atomic mass is 9.93. The summed E-state index contributed by atoms with van der Waals surface area (Å²) < 4.78 is 5.26. The zero-order valence-corrected chi connectivity index (χ0v) is 21.0. The molecule has 0 aromatic heterocycles. The van der Waals surface area contributed by atoms with E-state index in [4.69, 9.17) is 4.74 Å². The molecule has 0 spiro atoms. The predicted octanol–water partition coefficient (Wildman–Crippen LogP) is 5.64. The van der Waals surface area contributed by atoms with Crippen molar-refractivity contribution in [2.24, 2.45) is 0 Å². The number of methoxy groups -OCH3 is 1. The van der Waals surface area contributed by atoms with Gasteiger partial charge in [-0.25, -0.2) is 0 Å². The number of Topliss-reactive ketones (excluding diaryl/α,β-unsaturated/α-hetero) is 1. The summed E-state index contributed by atoms with van der Waals surface area (Å²) in [5.41, 5.74) is 3.58. The molecule has 4 rings (SSSR count). The van der Waals surface area contributed by atoms with Crippen molar-refractivity contribution in [3.05, 3.63) is 101 Å². The SMILES string of the molecule is CCN(CC)c1ccc(C2C(C(=O)CCc3ccccc3)=C(O)C(=O)N2c2ccc(OC)cc2)cc1. The number of anilines is 2. The molecule has 0 saturated heterocycles. The summed E-state index contributed by atoms with van der Waals surface area (Å²) >= 11 is 0. The van der Waals surface area contributed by atoms with Crippen LogP contribution in [-0.2, 0) is 16.0 Å². The van der Waals surface area contributed by atoms with Gasteiger partial charge in [0.2, 0.25) is 0 Å². The van der Waals surface area contributed by atoms with Gasteiger partial charge in [0.1, 0.15) is 5.75 Å². The first-order chi connectivity index (χ1) is 17.5. The molecule has 36 heavy (non-hydrogen) atoms. The van der Waals surface area contributed by atoms with E-state index in [-0.39, 0.29) is 17.8 Å². The summed E-state index contributed by atoms with van der Waals surface area (Å²) in [7, 11) is 1.58. The van der Waals surface area contributed by atoms with Crippen molar-refractivity contribution in [2.45, 2.75) is 32.7 Å². The highest BCUT2D eigenvalue weighted by Crippen LogP contribution is 2.42. The fourth-order valence-electron chi connectivity index (χ4n) is 4.71. The van der Waals surface area contributed by atoms with Crippen LogP contribution in [0.4, 0.5) is 11.4 Å². The van der Waals surface area contributed by atoms with Crippen LogP contribution in [0.1, 0.15) is 37.4 Å². The number of aliphatic hydroxyl groups is 1. The van der Waals surface area contributed by atoms with Crippen LogP contribution in [0.3, 0.4) is 0 Å². The van der Waals surface area contributed by atoms with Crippen LogP contribution in [-0.4, -0.2) is 37.0 Å². The number of carbonyl (C=O) groups is 2. The summed E-state index contributed by atoms with van der Waals surface area (Å²) in [5, 5.41) is 10.9. The van der Waals surface area contributed by atoms with Gasteiger partial charge in [0.15, 0.2) is 11.5 Å². The van der Waals surface area contributed by atoms with E-state index in [1.54, 1.807) is 31.4 Å². The van der Waals surface area contributed by atoms with Crippen LogP contribution < -0.4 is 14.5 Å². The van der Waals surface area contributed by atoms with Crippen LogP contribution in [0.15, 0.2) is 90.2 Å². The number of rotatable bonds is 10. The number of carbonyl (C=O) groups excluding carboxylic acids is 2. The molecule has 6 heteroatoms. The minimum Gasteiger partial charge on any atom is -0.503 e. The Labute approximate surface area is 212 Å². The normalized spacial score (nSPS) is 15.4. The van der Waals surface area contributed by atoms with Crippen LogP contribution in [0, 0.1) is 0 Å². The molecule has 1 aliphatic rings. The molecule has 0 aliphatic carbocycles. The van der Waals surface area contributed by atoms with Crippen LogP contribution in [0.25, 0.3) is 0 Å². The molecule has 3 aromatic rings. The number of aliphatic hydroxyl groups excluding tert-OH is 1. The van der Waals surface area contributed by atoms with Crippen LogP contribution in [0.2, 0.25) is 0 Å². The Bertz CT molecular complexity index is 1230. The Hall–Kier alpha value is -4.06. The first kappa shape index (κ1) is 25.0. The molecule has 6 nitrogen and oxygen atoms in total. The molecule has 0 fully saturated rings. The van der Waals surface area contributed by atoms with Crippen molar-refractivity contribution in [2.75, 3.05) is 30.0 Å². The van der Waals surface area contributed by atoms with Crippen molar-refractivity contribution in [1.29, 1.82) is 0 Å². The maximum Gasteiger partial charge on any atom is 0.294 e. The molecule has 1 atom stereocenters. The Morgan fingerprint density at radius 1 is 0.944 bits per heavy atom. The highest BCUT2D eigenvalue weighted by molar-refractivity contribution is 6.16. The number of amides is 1. The summed E-state index contributed by atoms with van der Waals surface area (Å²) in [4.78, 5) is 30.5. The van der Waals surface area contributed by atoms with E-state index in [2.05, 4.69) is 18.7 Å². The molecule has 0 radical (unpaired) electrons. The maximum absolute atomic E-state index is 13.5. The van der Waals surface area contributed by atoms with E-state index >= 15 is 0 Å². The van der Waals surface area contributed by atoms with Gasteiger partial charge in [0.05, 0.1) is 18.7 Å². The molecule has 1 unspecified atom stereocenters. The summed E-state index contributed by atoms with van der Waals surface area (Å²) in [6.07, 6.45) is 0.724. The molecule has 1 heterocycles. The highest BCUT2D eigenvalue weighted by atomic mass is 16.5. The number of aryl methyl sites for hydroxylation is 1. The molecular weight excluding hydrogens is 452 g/mol. The lowest BCUT2D eigenvalue weighted by molar-refractivity contribution is -0.118. The number of nitrogens with zero attached hydrogens (tertiary/aromatic N) is 2. The maximum atomic E-state index is 13.5. The number of ether oxygens (including phenoxy) is 1. The van der Waals surface area contributed by atoms with Crippen LogP contribution >= 0.6 is 0 Å². The quantitative estimate of drug-likeness (QED) is 0.403. The lowest BCUT2D eigenvalue weighted by Crippen LogP contribution is -2.31. The van der Waals surface area contributed by atoms with E-state index in [0.717, 1.165) is 29.9 Å². The third-order valence-electron chi connectivity index (χ3n) is 6.68. The minimum atomic E-state index is -0.722. The van der Waals surface area contributed by atoms with Gasteiger partial charge in [-0.05, 0) is 67.8 Å². The van der Waals surface area contributed by atoms with Gasteiger partial charge < -0.3 is 14.7 Å². The van der Waals surface area contributed by atoms with Gasteiger partial charge in [0, 0.05) is 30.9 Å². The van der Waals surface area contributed by atoms with Crippen molar-refractivity contribution in [3.63, 3.8) is 0 Å². The average Bonchev–Trinajstić information content (AvgIpc) is 3.19. The number of benzene rings is 3. The van der Waals surface area contributed by atoms with Gasteiger partial charge in [-0.3, -0.25) is 14.5 Å². The number of hydrogen-bond acceptors (Lipinski definition) is 5. The zero-order valence-electron chi connectivity index (χ0n) is 21.0. The zero-order chi connectivity index (χ0) is 25.7.